The van der Waals surface area contributed by atoms with E-state index in [1.54, 1.807) is 26.4 Å². The molecule has 2 heterocycles. The number of hydrogen-bond donors (Lipinski definition) is 2. The molecule has 0 unspecified atom stereocenters. The minimum Gasteiger partial charge on any atom is -0.493 e. The lowest BCUT2D eigenvalue weighted by atomic mass is 10.0. The summed E-state index contributed by atoms with van der Waals surface area (Å²) in [6.45, 7) is -0.0218. The summed E-state index contributed by atoms with van der Waals surface area (Å²) in [5.41, 5.74) is 13.7. The summed E-state index contributed by atoms with van der Waals surface area (Å²) in [5, 5.41) is 0.742. The second-order valence-electron chi connectivity index (χ2n) is 8.17. The lowest BCUT2D eigenvalue weighted by Crippen LogP contribution is -2.22. The largest absolute Gasteiger partial charge is 0.493 e. The van der Waals surface area contributed by atoms with E-state index in [1.807, 2.05) is 6.07 Å². The zero-order valence-electron chi connectivity index (χ0n) is 20.3. The fourth-order valence-electron chi connectivity index (χ4n) is 3.79. The SMILES string of the molecule is COc1cc(Cc2cnc(N)nc2N)c2cc(COc3ccc(F)cc3C(=O)N(C)C)oc2c1OC. The highest BCUT2D eigenvalue weighted by molar-refractivity contribution is 5.96. The van der Waals surface area contributed by atoms with E-state index >= 15 is 0 Å². The number of nitrogen functional groups attached to an aromatic ring is 2. The van der Waals surface area contributed by atoms with E-state index in [4.69, 9.17) is 30.1 Å². The van der Waals surface area contributed by atoms with Crippen molar-refractivity contribution in [1.82, 2.24) is 14.9 Å². The number of amides is 1. The van der Waals surface area contributed by atoms with Gasteiger partial charge in [0.05, 0.1) is 19.8 Å². The first-order valence-electron chi connectivity index (χ1n) is 10.9. The van der Waals surface area contributed by atoms with E-state index in [0.717, 1.165) is 17.0 Å². The quantitative estimate of drug-likeness (QED) is 0.376. The Hall–Kier alpha value is -4.54. The number of nitrogens with zero attached hydrogens (tertiary/aromatic N) is 3. The Bertz CT molecular complexity index is 1440. The fourth-order valence-corrected chi connectivity index (χ4v) is 3.79. The molecule has 0 saturated heterocycles. The Morgan fingerprint density at radius 2 is 1.86 bits per heavy atom. The Labute approximate surface area is 206 Å². The van der Waals surface area contributed by atoms with Crippen molar-refractivity contribution < 1.29 is 27.8 Å². The van der Waals surface area contributed by atoms with Crippen molar-refractivity contribution in [2.24, 2.45) is 0 Å². The van der Waals surface area contributed by atoms with Crippen molar-refractivity contribution in [2.75, 3.05) is 39.8 Å². The van der Waals surface area contributed by atoms with E-state index in [2.05, 4.69) is 9.97 Å². The average molecular weight is 496 g/mol. The third kappa shape index (κ3) is 4.81. The van der Waals surface area contributed by atoms with E-state index in [1.165, 1.54) is 31.3 Å². The van der Waals surface area contributed by atoms with Gasteiger partial charge in [0.2, 0.25) is 11.7 Å². The molecule has 0 radical (unpaired) electrons. The molecule has 4 rings (SSSR count). The molecule has 0 spiro atoms. The van der Waals surface area contributed by atoms with Crippen LogP contribution in [0.25, 0.3) is 11.0 Å². The summed E-state index contributed by atoms with van der Waals surface area (Å²) < 4.78 is 36.8. The van der Waals surface area contributed by atoms with Crippen molar-refractivity contribution in [2.45, 2.75) is 13.0 Å². The highest BCUT2D eigenvalue weighted by Crippen LogP contribution is 2.41. The van der Waals surface area contributed by atoms with E-state index in [-0.39, 0.29) is 35.6 Å². The van der Waals surface area contributed by atoms with Crippen LogP contribution in [0.15, 0.2) is 40.9 Å². The summed E-state index contributed by atoms with van der Waals surface area (Å²) in [4.78, 5) is 21.9. The maximum absolute atomic E-state index is 13.8. The van der Waals surface area contributed by atoms with Gasteiger partial charge in [0.25, 0.3) is 5.91 Å². The fraction of sp³-hybridized carbons (Fsp3) is 0.240. The lowest BCUT2D eigenvalue weighted by Gasteiger charge is -2.14. The van der Waals surface area contributed by atoms with Crippen molar-refractivity contribution in [3.8, 4) is 17.2 Å². The molecule has 4 N–H and O–H groups in total. The summed E-state index contributed by atoms with van der Waals surface area (Å²) >= 11 is 0. The molecule has 0 bridgehead atoms. The first-order chi connectivity index (χ1) is 17.2. The molecular formula is C25H26FN5O5. The van der Waals surface area contributed by atoms with Crippen LogP contribution in [0.3, 0.4) is 0 Å². The van der Waals surface area contributed by atoms with Crippen molar-refractivity contribution in [3.63, 3.8) is 0 Å². The third-order valence-electron chi connectivity index (χ3n) is 5.53. The Morgan fingerprint density at radius 1 is 1.08 bits per heavy atom. The van der Waals surface area contributed by atoms with Crippen LogP contribution in [-0.2, 0) is 13.0 Å². The number of carbonyl (C=O) groups excluding carboxylic acids is 1. The van der Waals surface area contributed by atoms with E-state index in [9.17, 15) is 9.18 Å². The number of rotatable bonds is 8. The molecular weight excluding hydrogens is 469 g/mol. The lowest BCUT2D eigenvalue weighted by molar-refractivity contribution is 0.0821. The van der Waals surface area contributed by atoms with Gasteiger partial charge < -0.3 is 35.0 Å². The molecule has 10 nitrogen and oxygen atoms in total. The first kappa shape index (κ1) is 24.6. The van der Waals surface area contributed by atoms with Crippen molar-refractivity contribution >= 4 is 28.6 Å². The van der Waals surface area contributed by atoms with Crippen LogP contribution in [0.4, 0.5) is 16.2 Å². The molecule has 36 heavy (non-hydrogen) atoms. The second kappa shape index (κ2) is 9.98. The highest BCUT2D eigenvalue weighted by Gasteiger charge is 2.21. The minimum absolute atomic E-state index is 0.0218. The molecule has 11 heteroatoms. The summed E-state index contributed by atoms with van der Waals surface area (Å²) in [5.74, 6) is 0.994. The van der Waals surface area contributed by atoms with E-state index in [0.29, 0.717) is 34.8 Å². The molecule has 2 aromatic carbocycles. The average Bonchev–Trinajstić information content (AvgIpc) is 3.28. The third-order valence-corrected chi connectivity index (χ3v) is 5.53. The van der Waals surface area contributed by atoms with Crippen LogP contribution in [0, 0.1) is 5.82 Å². The number of halogens is 1. The van der Waals surface area contributed by atoms with E-state index < -0.39 is 5.82 Å². The Balaban J connectivity index is 1.72. The van der Waals surface area contributed by atoms with Crippen LogP contribution in [-0.4, -0.2) is 49.1 Å². The number of methoxy groups -OCH3 is 2. The molecule has 0 aliphatic heterocycles. The van der Waals surface area contributed by atoms with Gasteiger partial charge in [-0.2, -0.15) is 4.98 Å². The predicted molar refractivity (Wildman–Crippen MR) is 132 cm³/mol. The molecule has 4 aromatic rings. The summed E-state index contributed by atoms with van der Waals surface area (Å²) in [6, 6.07) is 7.41. The number of nitrogens with two attached hydrogens (primary N) is 2. The Morgan fingerprint density at radius 3 is 2.53 bits per heavy atom. The second-order valence-corrected chi connectivity index (χ2v) is 8.17. The first-order valence-corrected chi connectivity index (χ1v) is 10.9. The van der Waals surface area contributed by atoms with Crippen LogP contribution in [0.1, 0.15) is 27.2 Å². The zero-order valence-corrected chi connectivity index (χ0v) is 20.3. The molecule has 0 fully saturated rings. The van der Waals surface area contributed by atoms with Gasteiger partial charge in [-0.15, -0.1) is 0 Å². The van der Waals surface area contributed by atoms with Gasteiger partial charge in [0.1, 0.15) is 29.8 Å². The molecule has 0 aliphatic carbocycles. The van der Waals surface area contributed by atoms with Gasteiger partial charge >= 0.3 is 0 Å². The maximum atomic E-state index is 13.8. The summed E-state index contributed by atoms with van der Waals surface area (Å²) in [6.07, 6.45) is 1.95. The van der Waals surface area contributed by atoms with Crippen LogP contribution in [0.5, 0.6) is 17.2 Å². The molecule has 188 valence electrons. The number of aromatic nitrogens is 2. The molecule has 0 atom stereocenters. The van der Waals surface area contributed by atoms with Gasteiger partial charge in [-0.05, 0) is 35.9 Å². The van der Waals surface area contributed by atoms with Gasteiger partial charge in [-0.25, -0.2) is 9.37 Å². The van der Waals surface area contributed by atoms with Crippen LogP contribution >= 0.6 is 0 Å². The van der Waals surface area contributed by atoms with Gasteiger partial charge in [-0.3, -0.25) is 4.79 Å². The smallest absolute Gasteiger partial charge is 0.257 e. The highest BCUT2D eigenvalue weighted by atomic mass is 19.1. The minimum atomic E-state index is -0.538. The number of fused-ring (bicyclic) bond motifs is 1. The monoisotopic (exact) mass is 495 g/mol. The van der Waals surface area contributed by atoms with Crippen LogP contribution in [0.2, 0.25) is 0 Å². The standard InChI is InChI=1S/C25H26FN5O5/c1-31(2)24(32)18-9-15(26)5-6-19(18)35-12-16-10-17-13(7-14-11-29-25(28)30-23(14)27)8-20(33-3)22(34-4)21(17)36-16/h5-6,8-11H,7,12H2,1-4H3,(H4,27,28,29,30). The molecule has 2 aromatic heterocycles. The van der Waals surface area contributed by atoms with Crippen molar-refractivity contribution in [3.05, 3.63) is 64.8 Å². The molecule has 0 saturated carbocycles. The molecule has 1 amide bonds. The number of anilines is 2. The van der Waals surface area contributed by atoms with Crippen molar-refractivity contribution in [1.29, 1.82) is 0 Å². The summed E-state index contributed by atoms with van der Waals surface area (Å²) in [7, 11) is 6.20. The maximum Gasteiger partial charge on any atom is 0.257 e. The normalized spacial score (nSPS) is 10.9. The zero-order chi connectivity index (χ0) is 26.0. The Kier molecular flexibility index (Phi) is 6.82. The number of hydrogen-bond acceptors (Lipinski definition) is 9. The van der Waals surface area contributed by atoms with Gasteiger partial charge in [0, 0.05) is 37.7 Å². The topological polar surface area (TPSA) is 139 Å². The number of furan rings is 1. The molecule has 0 aliphatic rings. The van der Waals surface area contributed by atoms with Gasteiger partial charge in [0.15, 0.2) is 11.3 Å². The van der Waals surface area contributed by atoms with Crippen LogP contribution < -0.4 is 25.7 Å². The number of benzene rings is 2. The number of ether oxygens (including phenoxy) is 3. The number of carbonyl (C=O) groups is 1. The van der Waals surface area contributed by atoms with Gasteiger partial charge in [-0.1, -0.05) is 0 Å². The predicted octanol–water partition coefficient (Wildman–Crippen LogP) is 3.42.